The van der Waals surface area contributed by atoms with Gasteiger partial charge in [-0.05, 0) is 43.5 Å². The van der Waals surface area contributed by atoms with Gasteiger partial charge in [-0.15, -0.1) is 0 Å². The molecule has 1 fully saturated rings. The van der Waals surface area contributed by atoms with Gasteiger partial charge in [-0.25, -0.2) is 9.37 Å². The summed E-state index contributed by atoms with van der Waals surface area (Å²) in [7, 11) is 0. The number of hydrogen-bond acceptors (Lipinski definition) is 6. The number of nitrogens with one attached hydrogen (secondary N) is 1. The quantitative estimate of drug-likeness (QED) is 0.538. The highest BCUT2D eigenvalue weighted by molar-refractivity contribution is 6.04. The molecule has 0 spiro atoms. The first-order valence-electron chi connectivity index (χ1n) is 9.54. The topological polar surface area (TPSA) is 106 Å². The summed E-state index contributed by atoms with van der Waals surface area (Å²) < 4.78 is 20.3. The Balaban J connectivity index is 1.41. The van der Waals surface area contributed by atoms with E-state index in [9.17, 15) is 14.3 Å². The Morgan fingerprint density at radius 3 is 2.93 bits per heavy atom. The number of anilines is 1. The van der Waals surface area contributed by atoms with Crippen LogP contribution >= 0.6 is 0 Å². The molecule has 5 rings (SSSR count). The minimum atomic E-state index is -0.459. The molecule has 2 N–H and O–H groups in total. The number of pyridine rings is 1. The zero-order chi connectivity index (χ0) is 20.8. The van der Waals surface area contributed by atoms with Gasteiger partial charge in [0.15, 0.2) is 0 Å². The molecule has 0 unspecified atom stereocenters. The highest BCUT2D eigenvalue weighted by Gasteiger charge is 2.33. The first kappa shape index (κ1) is 18.4. The van der Waals surface area contributed by atoms with Crippen LogP contribution in [0, 0.1) is 12.7 Å². The summed E-state index contributed by atoms with van der Waals surface area (Å²) in [6, 6.07) is 8.26. The lowest BCUT2D eigenvalue weighted by molar-refractivity contribution is 0.0625. The number of benzene rings is 1. The zero-order valence-corrected chi connectivity index (χ0v) is 16.0. The van der Waals surface area contributed by atoms with Crippen molar-refractivity contribution >= 4 is 17.2 Å². The standard InChI is InChI=1S/C21H18FN5O3/c1-11-2-3-12(19-25-21(30-26-19)13-6-15(28)7-13)8-16(11)24-20(29)17-9-23-18-5-4-14(22)10-27(17)18/h2-5,8-10,13,15,28H,6-7H2,1H3,(H,24,29). The van der Waals surface area contributed by atoms with E-state index in [-0.39, 0.29) is 17.7 Å². The molecule has 0 saturated heterocycles. The van der Waals surface area contributed by atoms with Crippen LogP contribution in [0.4, 0.5) is 10.1 Å². The van der Waals surface area contributed by atoms with Crippen LogP contribution in [0.25, 0.3) is 17.0 Å². The fourth-order valence-corrected chi connectivity index (χ4v) is 3.51. The van der Waals surface area contributed by atoms with Gasteiger partial charge in [-0.2, -0.15) is 4.98 Å². The van der Waals surface area contributed by atoms with Crippen molar-refractivity contribution in [1.82, 2.24) is 19.5 Å². The van der Waals surface area contributed by atoms with Crippen molar-refractivity contribution in [2.24, 2.45) is 0 Å². The molecule has 3 aromatic heterocycles. The van der Waals surface area contributed by atoms with E-state index in [1.54, 1.807) is 6.07 Å². The minimum absolute atomic E-state index is 0.0846. The number of nitrogens with zero attached hydrogens (tertiary/aromatic N) is 4. The zero-order valence-electron chi connectivity index (χ0n) is 16.0. The van der Waals surface area contributed by atoms with Gasteiger partial charge in [-0.1, -0.05) is 17.3 Å². The molecule has 152 valence electrons. The minimum Gasteiger partial charge on any atom is -0.393 e. The molecule has 1 aromatic carbocycles. The van der Waals surface area contributed by atoms with Crippen LogP contribution in [-0.4, -0.2) is 36.6 Å². The summed E-state index contributed by atoms with van der Waals surface area (Å²) in [4.78, 5) is 21.4. The van der Waals surface area contributed by atoms with Crippen LogP contribution in [0.3, 0.4) is 0 Å². The first-order valence-corrected chi connectivity index (χ1v) is 9.54. The van der Waals surface area contributed by atoms with Crippen LogP contribution in [0.1, 0.15) is 40.7 Å². The second-order valence-electron chi connectivity index (χ2n) is 7.48. The van der Waals surface area contributed by atoms with Gasteiger partial charge in [-0.3, -0.25) is 9.20 Å². The number of amides is 1. The molecule has 1 aliphatic carbocycles. The van der Waals surface area contributed by atoms with Gasteiger partial charge >= 0.3 is 0 Å². The molecule has 1 amide bonds. The van der Waals surface area contributed by atoms with Crippen molar-refractivity contribution in [2.75, 3.05) is 5.32 Å². The smallest absolute Gasteiger partial charge is 0.274 e. The van der Waals surface area contributed by atoms with Crippen molar-refractivity contribution in [3.63, 3.8) is 0 Å². The van der Waals surface area contributed by atoms with E-state index in [1.165, 1.54) is 28.9 Å². The molecule has 4 aromatic rings. The van der Waals surface area contributed by atoms with Gasteiger partial charge in [0, 0.05) is 23.4 Å². The Morgan fingerprint density at radius 2 is 2.13 bits per heavy atom. The number of aromatic nitrogens is 4. The van der Waals surface area contributed by atoms with E-state index in [1.807, 2.05) is 19.1 Å². The maximum atomic E-state index is 13.6. The number of imidazole rings is 1. The number of halogens is 1. The maximum absolute atomic E-state index is 13.6. The van der Waals surface area contributed by atoms with Gasteiger partial charge < -0.3 is 14.9 Å². The van der Waals surface area contributed by atoms with Crippen LogP contribution in [0.15, 0.2) is 47.2 Å². The second-order valence-corrected chi connectivity index (χ2v) is 7.48. The van der Waals surface area contributed by atoms with Crippen LogP contribution in [0.5, 0.6) is 0 Å². The number of carbonyl (C=O) groups is 1. The third-order valence-electron chi connectivity index (χ3n) is 5.35. The van der Waals surface area contributed by atoms with E-state index in [0.717, 1.165) is 5.56 Å². The number of carbonyl (C=O) groups excluding carboxylic acids is 1. The molecular weight excluding hydrogens is 389 g/mol. The van der Waals surface area contributed by atoms with E-state index in [0.29, 0.717) is 41.5 Å². The average Bonchev–Trinajstić information content (AvgIpc) is 3.34. The molecule has 30 heavy (non-hydrogen) atoms. The molecule has 3 heterocycles. The molecule has 8 nitrogen and oxygen atoms in total. The van der Waals surface area contributed by atoms with E-state index >= 15 is 0 Å². The first-order chi connectivity index (χ1) is 14.5. The molecule has 9 heteroatoms. The number of hydrogen-bond donors (Lipinski definition) is 2. The monoisotopic (exact) mass is 407 g/mol. The van der Waals surface area contributed by atoms with E-state index in [4.69, 9.17) is 4.52 Å². The molecule has 1 saturated carbocycles. The number of aryl methyl sites for hydroxylation is 1. The largest absolute Gasteiger partial charge is 0.393 e. The Kier molecular flexibility index (Phi) is 4.32. The summed E-state index contributed by atoms with van der Waals surface area (Å²) in [6.07, 6.45) is 3.56. The summed E-state index contributed by atoms with van der Waals surface area (Å²) in [5.74, 6) is 0.139. The van der Waals surface area contributed by atoms with Crippen LogP contribution in [0.2, 0.25) is 0 Å². The highest BCUT2D eigenvalue weighted by Crippen LogP contribution is 2.36. The summed E-state index contributed by atoms with van der Waals surface area (Å²) in [5.41, 5.74) is 2.81. The lowest BCUT2D eigenvalue weighted by Crippen LogP contribution is -2.26. The second kappa shape index (κ2) is 7.03. The molecular formula is C21H18FN5O3. The van der Waals surface area contributed by atoms with Gasteiger partial charge in [0.25, 0.3) is 5.91 Å². The van der Waals surface area contributed by atoms with Crippen LogP contribution < -0.4 is 5.32 Å². The Hall–Kier alpha value is -3.59. The maximum Gasteiger partial charge on any atom is 0.274 e. The van der Waals surface area contributed by atoms with Crippen molar-refractivity contribution in [2.45, 2.75) is 31.8 Å². The number of rotatable bonds is 4. The highest BCUT2D eigenvalue weighted by atomic mass is 19.1. The summed E-state index contributed by atoms with van der Waals surface area (Å²) in [5, 5.41) is 16.3. The molecule has 1 aliphatic rings. The average molecular weight is 407 g/mol. The fourth-order valence-electron chi connectivity index (χ4n) is 3.51. The van der Waals surface area contributed by atoms with Crippen molar-refractivity contribution in [3.05, 3.63) is 65.7 Å². The van der Waals surface area contributed by atoms with E-state index in [2.05, 4.69) is 20.4 Å². The predicted molar refractivity (Wildman–Crippen MR) is 106 cm³/mol. The molecule has 0 atom stereocenters. The van der Waals surface area contributed by atoms with Gasteiger partial charge in [0.05, 0.1) is 12.3 Å². The predicted octanol–water partition coefficient (Wildman–Crippen LogP) is 3.32. The molecule has 0 aliphatic heterocycles. The molecule has 0 bridgehead atoms. The third-order valence-corrected chi connectivity index (χ3v) is 5.35. The normalized spacial score (nSPS) is 18.4. The lowest BCUT2D eigenvalue weighted by atomic mass is 9.82. The molecule has 0 radical (unpaired) electrons. The van der Waals surface area contributed by atoms with Crippen molar-refractivity contribution in [1.29, 1.82) is 0 Å². The third kappa shape index (κ3) is 3.22. The van der Waals surface area contributed by atoms with Crippen LogP contribution in [-0.2, 0) is 0 Å². The number of aliphatic hydroxyl groups excluding tert-OH is 1. The summed E-state index contributed by atoms with van der Waals surface area (Å²) >= 11 is 0. The van der Waals surface area contributed by atoms with Crippen molar-refractivity contribution in [3.8, 4) is 11.4 Å². The SMILES string of the molecule is Cc1ccc(-c2noc(C3CC(O)C3)n2)cc1NC(=O)c1cnc2ccc(F)cn12. The van der Waals surface area contributed by atoms with Gasteiger partial charge in [0.1, 0.15) is 17.2 Å². The number of fused-ring (bicyclic) bond motifs is 1. The Labute approximate surface area is 170 Å². The lowest BCUT2D eigenvalue weighted by Gasteiger charge is -2.27. The number of aliphatic hydroxyl groups is 1. The summed E-state index contributed by atoms with van der Waals surface area (Å²) in [6.45, 7) is 1.87. The Morgan fingerprint density at radius 1 is 1.30 bits per heavy atom. The fraction of sp³-hybridized carbons (Fsp3) is 0.238. The Bertz CT molecular complexity index is 1260. The van der Waals surface area contributed by atoms with Crippen molar-refractivity contribution < 1.29 is 18.8 Å². The van der Waals surface area contributed by atoms with E-state index < -0.39 is 11.7 Å². The van der Waals surface area contributed by atoms with Gasteiger partial charge in [0.2, 0.25) is 11.7 Å².